The molecule has 3 aromatic rings. The smallest absolute Gasteiger partial charge is 0.265 e. The predicted octanol–water partition coefficient (Wildman–Crippen LogP) is 4.27. The minimum atomic E-state index is -0.190. The molecule has 0 radical (unpaired) electrons. The number of hydrogen-bond donors (Lipinski definition) is 1. The van der Waals surface area contributed by atoms with Gasteiger partial charge >= 0.3 is 0 Å². The molecule has 4 rings (SSSR count). The van der Waals surface area contributed by atoms with Crippen LogP contribution in [0, 0.1) is 6.92 Å². The maximum Gasteiger partial charge on any atom is 0.265 e. The summed E-state index contributed by atoms with van der Waals surface area (Å²) in [6.07, 6.45) is 0. The summed E-state index contributed by atoms with van der Waals surface area (Å²) in [6, 6.07) is 19.2. The van der Waals surface area contributed by atoms with E-state index in [1.807, 2.05) is 40.6 Å². The van der Waals surface area contributed by atoms with Crippen LogP contribution in [0.15, 0.2) is 66.0 Å². The van der Waals surface area contributed by atoms with Gasteiger partial charge in [0.25, 0.3) is 11.8 Å². The molecule has 2 amide bonds. The fourth-order valence-electron chi connectivity index (χ4n) is 3.61. The van der Waals surface area contributed by atoms with Crippen molar-refractivity contribution in [2.24, 2.45) is 0 Å². The third-order valence-corrected chi connectivity index (χ3v) is 6.04. The lowest BCUT2D eigenvalue weighted by Gasteiger charge is -2.37. The van der Waals surface area contributed by atoms with Crippen molar-refractivity contribution in [1.29, 1.82) is 0 Å². The van der Waals surface area contributed by atoms with Gasteiger partial charge in [0.05, 0.1) is 16.1 Å². The summed E-state index contributed by atoms with van der Waals surface area (Å²) >= 11 is 1.38. The van der Waals surface area contributed by atoms with Crippen LogP contribution in [0.25, 0.3) is 0 Å². The van der Waals surface area contributed by atoms with Gasteiger partial charge in [0.2, 0.25) is 0 Å². The number of anilines is 2. The number of hydrogen-bond acceptors (Lipinski definition) is 4. The lowest BCUT2D eigenvalue weighted by Crippen LogP contribution is -2.49. The number of carbonyl (C=O) groups is 2. The van der Waals surface area contributed by atoms with Crippen molar-refractivity contribution in [3.05, 3.63) is 82.0 Å². The van der Waals surface area contributed by atoms with E-state index in [1.54, 1.807) is 18.2 Å². The van der Waals surface area contributed by atoms with Crippen molar-refractivity contribution < 1.29 is 9.59 Å². The predicted molar refractivity (Wildman–Crippen MR) is 118 cm³/mol. The summed E-state index contributed by atoms with van der Waals surface area (Å²) in [6.45, 7) is 5.00. The molecular formula is C23H23N3O2S. The summed E-state index contributed by atoms with van der Waals surface area (Å²) in [4.78, 5) is 30.4. The van der Waals surface area contributed by atoms with Gasteiger partial charge in [-0.3, -0.25) is 9.59 Å². The Morgan fingerprint density at radius 2 is 1.62 bits per heavy atom. The normalized spacial score (nSPS) is 14.0. The first-order chi connectivity index (χ1) is 14.1. The molecule has 0 unspecified atom stereocenters. The highest BCUT2D eigenvalue weighted by molar-refractivity contribution is 7.12. The Hall–Kier alpha value is -3.12. The van der Waals surface area contributed by atoms with Crippen molar-refractivity contribution >= 4 is 34.5 Å². The van der Waals surface area contributed by atoms with Gasteiger partial charge in [-0.05, 0) is 42.1 Å². The van der Waals surface area contributed by atoms with Crippen molar-refractivity contribution in [3.8, 4) is 0 Å². The van der Waals surface area contributed by atoms with Gasteiger partial charge in [-0.25, -0.2) is 0 Å². The first-order valence-electron chi connectivity index (χ1n) is 9.67. The van der Waals surface area contributed by atoms with Gasteiger partial charge in [-0.1, -0.05) is 36.4 Å². The van der Waals surface area contributed by atoms with E-state index in [9.17, 15) is 9.59 Å². The van der Waals surface area contributed by atoms with Gasteiger partial charge in [0.1, 0.15) is 0 Å². The number of aryl methyl sites for hydroxylation is 1. The first kappa shape index (κ1) is 19.2. The number of nitrogens with one attached hydrogen (secondary N) is 1. The maximum absolute atomic E-state index is 13.2. The second kappa shape index (κ2) is 8.49. The van der Waals surface area contributed by atoms with Gasteiger partial charge in [0, 0.05) is 31.9 Å². The minimum absolute atomic E-state index is 0.0449. The third kappa shape index (κ3) is 4.17. The number of rotatable bonds is 4. The summed E-state index contributed by atoms with van der Waals surface area (Å²) in [5.74, 6) is -0.235. The van der Waals surface area contributed by atoms with Crippen molar-refractivity contribution in [2.45, 2.75) is 6.92 Å². The Balaban J connectivity index is 1.45. The van der Waals surface area contributed by atoms with E-state index in [2.05, 4.69) is 29.3 Å². The monoisotopic (exact) mass is 405 g/mol. The van der Waals surface area contributed by atoms with E-state index >= 15 is 0 Å². The molecule has 2 heterocycles. The van der Waals surface area contributed by atoms with Crippen LogP contribution < -0.4 is 10.2 Å². The zero-order valence-corrected chi connectivity index (χ0v) is 17.1. The number of para-hydroxylation sites is 2. The zero-order valence-electron chi connectivity index (χ0n) is 16.3. The molecule has 1 aliphatic heterocycles. The topological polar surface area (TPSA) is 52.6 Å². The fourth-order valence-corrected chi connectivity index (χ4v) is 4.23. The van der Waals surface area contributed by atoms with Crippen LogP contribution in [0.2, 0.25) is 0 Å². The number of piperazine rings is 1. The molecule has 29 heavy (non-hydrogen) atoms. The summed E-state index contributed by atoms with van der Waals surface area (Å²) in [5.41, 5.74) is 3.55. The number of benzene rings is 2. The van der Waals surface area contributed by atoms with Crippen LogP contribution >= 0.6 is 11.3 Å². The summed E-state index contributed by atoms with van der Waals surface area (Å²) < 4.78 is 0. The molecule has 1 aliphatic rings. The number of amides is 2. The molecule has 1 aromatic heterocycles. The molecule has 1 fully saturated rings. The number of carbonyl (C=O) groups excluding carboxylic acids is 2. The van der Waals surface area contributed by atoms with Crippen LogP contribution in [-0.2, 0) is 0 Å². The second-order valence-electron chi connectivity index (χ2n) is 7.04. The van der Waals surface area contributed by atoms with E-state index in [0.717, 1.165) is 13.1 Å². The Morgan fingerprint density at radius 1 is 0.897 bits per heavy atom. The largest absolute Gasteiger partial charge is 0.368 e. The highest BCUT2D eigenvalue weighted by Gasteiger charge is 2.25. The van der Waals surface area contributed by atoms with Crippen molar-refractivity contribution in [2.75, 3.05) is 36.4 Å². The molecule has 0 atom stereocenters. The first-order valence-corrected chi connectivity index (χ1v) is 10.5. The lowest BCUT2D eigenvalue weighted by atomic mass is 10.1. The van der Waals surface area contributed by atoms with Gasteiger partial charge < -0.3 is 15.1 Å². The number of nitrogens with zero attached hydrogens (tertiary/aromatic N) is 2. The molecule has 6 heteroatoms. The SMILES string of the molecule is Cc1ccccc1N1CCN(C(=O)c2ccccc2NC(=O)c2cccs2)CC1. The molecule has 1 N–H and O–H groups in total. The molecule has 0 saturated carbocycles. The Labute approximate surface area is 174 Å². The highest BCUT2D eigenvalue weighted by atomic mass is 32.1. The summed E-state index contributed by atoms with van der Waals surface area (Å²) in [7, 11) is 0. The van der Waals surface area contributed by atoms with Crippen LogP contribution in [0.3, 0.4) is 0 Å². The molecule has 1 saturated heterocycles. The third-order valence-electron chi connectivity index (χ3n) is 5.17. The van der Waals surface area contributed by atoms with Gasteiger partial charge in [-0.2, -0.15) is 0 Å². The Kier molecular flexibility index (Phi) is 5.62. The average molecular weight is 406 g/mol. The van der Waals surface area contributed by atoms with Crippen molar-refractivity contribution in [1.82, 2.24) is 4.90 Å². The van der Waals surface area contributed by atoms with Crippen LogP contribution in [0.4, 0.5) is 11.4 Å². The van der Waals surface area contributed by atoms with E-state index < -0.39 is 0 Å². The molecule has 148 valence electrons. The zero-order chi connectivity index (χ0) is 20.2. The molecule has 5 nitrogen and oxygen atoms in total. The highest BCUT2D eigenvalue weighted by Crippen LogP contribution is 2.23. The maximum atomic E-state index is 13.2. The molecular weight excluding hydrogens is 382 g/mol. The minimum Gasteiger partial charge on any atom is -0.368 e. The van der Waals surface area contributed by atoms with E-state index in [0.29, 0.717) is 29.2 Å². The standard InChI is InChI=1S/C23H23N3O2S/c1-17-7-2-5-10-20(17)25-12-14-26(15-13-25)23(28)18-8-3-4-9-19(18)24-22(27)21-11-6-16-29-21/h2-11,16H,12-15H2,1H3,(H,24,27). The Morgan fingerprint density at radius 3 is 2.34 bits per heavy atom. The van der Waals surface area contributed by atoms with E-state index in [1.165, 1.54) is 22.6 Å². The van der Waals surface area contributed by atoms with Gasteiger partial charge in [0.15, 0.2) is 0 Å². The lowest BCUT2D eigenvalue weighted by molar-refractivity contribution is 0.0748. The van der Waals surface area contributed by atoms with E-state index in [-0.39, 0.29) is 11.8 Å². The van der Waals surface area contributed by atoms with Crippen LogP contribution in [-0.4, -0.2) is 42.9 Å². The quantitative estimate of drug-likeness (QED) is 0.705. The molecule has 2 aromatic carbocycles. The second-order valence-corrected chi connectivity index (χ2v) is 7.99. The molecule has 0 aliphatic carbocycles. The van der Waals surface area contributed by atoms with E-state index in [4.69, 9.17) is 0 Å². The van der Waals surface area contributed by atoms with Crippen LogP contribution in [0.1, 0.15) is 25.6 Å². The fraction of sp³-hybridized carbons (Fsp3) is 0.217. The average Bonchev–Trinajstić information content (AvgIpc) is 3.29. The molecule has 0 bridgehead atoms. The van der Waals surface area contributed by atoms with Crippen LogP contribution in [0.5, 0.6) is 0 Å². The summed E-state index contributed by atoms with van der Waals surface area (Å²) in [5, 5.41) is 4.75. The van der Waals surface area contributed by atoms with Gasteiger partial charge in [-0.15, -0.1) is 11.3 Å². The number of thiophene rings is 1. The molecule has 0 spiro atoms. The van der Waals surface area contributed by atoms with Crippen molar-refractivity contribution in [3.63, 3.8) is 0 Å². The Bertz CT molecular complexity index is 1010.